The van der Waals surface area contributed by atoms with E-state index in [1.54, 1.807) is 0 Å². The van der Waals surface area contributed by atoms with Crippen molar-refractivity contribution in [3.05, 3.63) is 65.2 Å². The Morgan fingerprint density at radius 2 is 1.60 bits per heavy atom. The van der Waals surface area contributed by atoms with Crippen LogP contribution < -0.4 is 5.32 Å². The molecule has 106 valence electrons. The highest BCUT2D eigenvalue weighted by molar-refractivity contribution is 5.45. The Morgan fingerprint density at radius 1 is 0.950 bits per heavy atom. The molecule has 0 amide bonds. The highest BCUT2D eigenvalue weighted by Gasteiger charge is 2.12. The van der Waals surface area contributed by atoms with Crippen molar-refractivity contribution in [2.45, 2.75) is 32.7 Å². The summed E-state index contributed by atoms with van der Waals surface area (Å²) in [5, 5.41) is 2.97. The van der Waals surface area contributed by atoms with Gasteiger partial charge in [-0.2, -0.15) is 0 Å². The second kappa shape index (κ2) is 5.61. The van der Waals surface area contributed by atoms with E-state index in [9.17, 15) is 8.78 Å². The predicted molar refractivity (Wildman–Crippen MR) is 78.8 cm³/mol. The molecule has 1 nitrogen and oxygen atoms in total. The lowest BCUT2D eigenvalue weighted by atomic mass is 9.87. The topological polar surface area (TPSA) is 12.0 Å². The maximum atomic E-state index is 13.5. The molecule has 0 heterocycles. The van der Waals surface area contributed by atoms with Crippen LogP contribution >= 0.6 is 0 Å². The van der Waals surface area contributed by atoms with Gasteiger partial charge in [-0.15, -0.1) is 0 Å². The van der Waals surface area contributed by atoms with Crippen molar-refractivity contribution in [1.29, 1.82) is 0 Å². The Hall–Kier alpha value is -1.90. The molecule has 3 heteroatoms. The van der Waals surface area contributed by atoms with E-state index in [4.69, 9.17) is 0 Å². The lowest BCUT2D eigenvalue weighted by Gasteiger charge is -2.19. The largest absolute Gasteiger partial charge is 0.379 e. The van der Waals surface area contributed by atoms with Gasteiger partial charge >= 0.3 is 0 Å². The number of nitrogens with one attached hydrogen (secondary N) is 1. The van der Waals surface area contributed by atoms with Crippen molar-refractivity contribution in [3.8, 4) is 0 Å². The van der Waals surface area contributed by atoms with Gasteiger partial charge < -0.3 is 5.32 Å². The SMILES string of the molecule is CC(C)(C)c1ccc(CNc2ccc(F)cc2F)cc1. The molecule has 0 aliphatic rings. The van der Waals surface area contributed by atoms with E-state index < -0.39 is 11.6 Å². The molecule has 2 aromatic rings. The zero-order valence-corrected chi connectivity index (χ0v) is 12.0. The summed E-state index contributed by atoms with van der Waals surface area (Å²) in [7, 11) is 0. The quantitative estimate of drug-likeness (QED) is 0.842. The summed E-state index contributed by atoms with van der Waals surface area (Å²) in [4.78, 5) is 0. The minimum absolute atomic E-state index is 0.120. The molecular formula is C17H19F2N. The van der Waals surface area contributed by atoms with E-state index in [0.29, 0.717) is 12.2 Å². The van der Waals surface area contributed by atoms with Gasteiger partial charge in [0.25, 0.3) is 0 Å². The van der Waals surface area contributed by atoms with Gasteiger partial charge in [-0.1, -0.05) is 45.0 Å². The third-order valence-electron chi connectivity index (χ3n) is 3.23. The molecule has 0 aliphatic carbocycles. The average molecular weight is 275 g/mol. The minimum Gasteiger partial charge on any atom is -0.379 e. The molecule has 0 fully saturated rings. The van der Waals surface area contributed by atoms with Crippen molar-refractivity contribution in [2.75, 3.05) is 5.32 Å². The summed E-state index contributed by atoms with van der Waals surface area (Å²) in [5.41, 5.74) is 2.75. The predicted octanol–water partition coefficient (Wildman–Crippen LogP) is 4.87. The van der Waals surface area contributed by atoms with Gasteiger partial charge in [0, 0.05) is 12.6 Å². The first kappa shape index (κ1) is 14.5. The van der Waals surface area contributed by atoms with Crippen LogP contribution in [-0.2, 0) is 12.0 Å². The Kier molecular flexibility index (Phi) is 4.07. The fourth-order valence-corrected chi connectivity index (χ4v) is 1.95. The molecule has 0 unspecified atom stereocenters. The highest BCUT2D eigenvalue weighted by Crippen LogP contribution is 2.22. The number of hydrogen-bond acceptors (Lipinski definition) is 1. The van der Waals surface area contributed by atoms with Crippen LogP contribution in [0.2, 0.25) is 0 Å². The molecular weight excluding hydrogens is 256 g/mol. The average Bonchev–Trinajstić information content (AvgIpc) is 2.37. The van der Waals surface area contributed by atoms with Crippen LogP contribution in [0.25, 0.3) is 0 Å². The smallest absolute Gasteiger partial charge is 0.149 e. The van der Waals surface area contributed by atoms with Crippen LogP contribution in [0.5, 0.6) is 0 Å². The van der Waals surface area contributed by atoms with Crippen molar-refractivity contribution >= 4 is 5.69 Å². The lowest BCUT2D eigenvalue weighted by Crippen LogP contribution is -2.11. The van der Waals surface area contributed by atoms with Gasteiger partial charge in [0.15, 0.2) is 0 Å². The van der Waals surface area contributed by atoms with Crippen molar-refractivity contribution < 1.29 is 8.78 Å². The van der Waals surface area contributed by atoms with E-state index in [0.717, 1.165) is 11.6 Å². The van der Waals surface area contributed by atoms with Crippen LogP contribution in [0, 0.1) is 11.6 Å². The fraction of sp³-hybridized carbons (Fsp3) is 0.294. The summed E-state index contributed by atoms with van der Waals surface area (Å²) in [6.07, 6.45) is 0. The van der Waals surface area contributed by atoms with Gasteiger partial charge in [-0.05, 0) is 28.7 Å². The molecule has 20 heavy (non-hydrogen) atoms. The lowest BCUT2D eigenvalue weighted by molar-refractivity contribution is 0.585. The van der Waals surface area contributed by atoms with Crippen LogP contribution in [0.4, 0.5) is 14.5 Å². The molecule has 0 saturated heterocycles. The summed E-state index contributed by atoms with van der Waals surface area (Å²) in [6.45, 7) is 6.99. The summed E-state index contributed by atoms with van der Waals surface area (Å²) in [6, 6.07) is 11.7. The van der Waals surface area contributed by atoms with Crippen molar-refractivity contribution in [1.82, 2.24) is 0 Å². The van der Waals surface area contributed by atoms with E-state index in [2.05, 4.69) is 38.2 Å². The number of anilines is 1. The zero-order valence-electron chi connectivity index (χ0n) is 12.0. The Labute approximate surface area is 118 Å². The van der Waals surface area contributed by atoms with E-state index in [-0.39, 0.29) is 5.41 Å². The first-order valence-electron chi connectivity index (χ1n) is 6.64. The van der Waals surface area contributed by atoms with Gasteiger partial charge in [-0.25, -0.2) is 8.78 Å². The molecule has 2 aromatic carbocycles. The van der Waals surface area contributed by atoms with Crippen LogP contribution in [-0.4, -0.2) is 0 Å². The normalized spacial score (nSPS) is 11.4. The summed E-state index contributed by atoms with van der Waals surface area (Å²) in [5.74, 6) is -1.14. The Bertz CT molecular complexity index is 583. The van der Waals surface area contributed by atoms with E-state index in [1.165, 1.54) is 17.7 Å². The third-order valence-corrected chi connectivity index (χ3v) is 3.23. The standard InChI is InChI=1S/C17H19F2N/c1-17(2,3)13-6-4-12(5-7-13)11-20-16-9-8-14(18)10-15(16)19/h4-10,20H,11H2,1-3H3. The Balaban J connectivity index is 2.04. The number of rotatable bonds is 3. The van der Waals surface area contributed by atoms with Gasteiger partial charge in [-0.3, -0.25) is 0 Å². The van der Waals surface area contributed by atoms with E-state index >= 15 is 0 Å². The number of halogens is 2. The maximum Gasteiger partial charge on any atom is 0.149 e. The van der Waals surface area contributed by atoms with Crippen molar-refractivity contribution in [3.63, 3.8) is 0 Å². The second-order valence-corrected chi connectivity index (χ2v) is 5.92. The Morgan fingerprint density at radius 3 is 2.15 bits per heavy atom. The molecule has 0 aromatic heterocycles. The van der Waals surface area contributed by atoms with Crippen LogP contribution in [0.15, 0.2) is 42.5 Å². The van der Waals surface area contributed by atoms with Crippen molar-refractivity contribution in [2.24, 2.45) is 0 Å². The molecule has 2 rings (SSSR count). The fourth-order valence-electron chi connectivity index (χ4n) is 1.95. The van der Waals surface area contributed by atoms with E-state index in [1.807, 2.05) is 12.1 Å². The minimum atomic E-state index is -0.573. The molecule has 0 spiro atoms. The zero-order chi connectivity index (χ0) is 14.8. The molecule has 0 bridgehead atoms. The van der Waals surface area contributed by atoms with Gasteiger partial charge in [0.2, 0.25) is 0 Å². The maximum absolute atomic E-state index is 13.5. The first-order chi connectivity index (χ1) is 9.36. The molecule has 0 aliphatic heterocycles. The van der Waals surface area contributed by atoms with Crippen LogP contribution in [0.1, 0.15) is 31.9 Å². The molecule has 1 N–H and O–H groups in total. The summed E-state index contributed by atoms with van der Waals surface area (Å²) >= 11 is 0. The number of benzene rings is 2. The third kappa shape index (κ3) is 3.56. The molecule has 0 radical (unpaired) electrons. The molecule has 0 atom stereocenters. The second-order valence-electron chi connectivity index (χ2n) is 5.92. The highest BCUT2D eigenvalue weighted by atomic mass is 19.1. The first-order valence-corrected chi connectivity index (χ1v) is 6.64. The van der Waals surface area contributed by atoms with Crippen LogP contribution in [0.3, 0.4) is 0 Å². The van der Waals surface area contributed by atoms with Gasteiger partial charge in [0.05, 0.1) is 5.69 Å². The monoisotopic (exact) mass is 275 g/mol. The molecule has 0 saturated carbocycles. The van der Waals surface area contributed by atoms with Gasteiger partial charge in [0.1, 0.15) is 11.6 Å². The summed E-state index contributed by atoms with van der Waals surface area (Å²) < 4.78 is 26.3. The number of hydrogen-bond donors (Lipinski definition) is 1.